The number of aromatic nitrogens is 2. The number of nitrogens with zero attached hydrogens (tertiary/aromatic N) is 3. The van der Waals surface area contributed by atoms with Crippen LogP contribution in [0.4, 0.5) is 11.6 Å². The molecule has 0 aliphatic heterocycles. The van der Waals surface area contributed by atoms with E-state index in [9.17, 15) is 4.79 Å². The Morgan fingerprint density at radius 2 is 1.68 bits per heavy atom. The molecule has 0 unspecified atom stereocenters. The first-order valence-corrected chi connectivity index (χ1v) is 8.79. The number of nitrogens with one attached hydrogen (secondary N) is 1. The third-order valence-electron chi connectivity index (χ3n) is 4.37. The van der Waals surface area contributed by atoms with Gasteiger partial charge in [-0.1, -0.05) is 36.4 Å². The van der Waals surface area contributed by atoms with Gasteiger partial charge in [0.2, 0.25) is 11.7 Å². The number of aryl methyl sites for hydroxylation is 1. The van der Waals surface area contributed by atoms with E-state index in [1.807, 2.05) is 49.4 Å². The molecule has 5 nitrogen and oxygen atoms in total. The van der Waals surface area contributed by atoms with Gasteiger partial charge in [0.25, 0.3) is 0 Å². The van der Waals surface area contributed by atoms with Crippen molar-refractivity contribution >= 4 is 28.2 Å². The van der Waals surface area contributed by atoms with Crippen LogP contribution < -0.4 is 5.32 Å². The normalized spacial score (nSPS) is 10.4. The molecule has 1 N–H and O–H groups in total. The second-order valence-corrected chi connectivity index (χ2v) is 6.42. The number of carbonyl (C=O) groups excluding carboxylic acids is 1. The molecule has 0 bridgehead atoms. The molecule has 5 heteroatoms. The Kier molecular flexibility index (Phi) is 4.53. The maximum Gasteiger partial charge on any atom is 0.228 e. The lowest BCUT2D eigenvalue weighted by Crippen LogP contribution is -2.08. The number of hydrogen-bond acceptors (Lipinski definition) is 5. The third-order valence-corrected chi connectivity index (χ3v) is 4.37. The number of fused-ring (bicyclic) bond motifs is 1. The van der Waals surface area contributed by atoms with Crippen LogP contribution in [0, 0.1) is 18.3 Å². The first kappa shape index (κ1) is 17.4. The van der Waals surface area contributed by atoms with E-state index in [4.69, 9.17) is 5.26 Å². The van der Waals surface area contributed by atoms with Crippen LogP contribution in [0.2, 0.25) is 0 Å². The molecule has 4 rings (SSSR count). The lowest BCUT2D eigenvalue weighted by molar-refractivity contribution is 0.103. The van der Waals surface area contributed by atoms with Gasteiger partial charge in [-0.15, -0.1) is 0 Å². The maximum absolute atomic E-state index is 13.0. The SMILES string of the molecule is Cc1cc(C(=O)c2ccc3ccccc3c2)nc(Nc2ccc(C#N)cc2)n1. The molecule has 0 aliphatic carbocycles. The van der Waals surface area contributed by atoms with Crippen molar-refractivity contribution in [2.45, 2.75) is 6.92 Å². The number of ketones is 1. The standard InChI is InChI=1S/C23H16N4O/c1-15-12-21(22(28)19-9-8-17-4-2-3-5-18(17)13-19)27-23(25-15)26-20-10-6-16(14-24)7-11-20/h2-13H,1H3,(H,25,26,27). The second kappa shape index (κ2) is 7.29. The summed E-state index contributed by atoms with van der Waals surface area (Å²) in [7, 11) is 0. The minimum atomic E-state index is -0.154. The molecule has 0 radical (unpaired) electrons. The maximum atomic E-state index is 13.0. The Bertz CT molecular complexity index is 1220. The van der Waals surface area contributed by atoms with Crippen LogP contribution in [0.1, 0.15) is 27.3 Å². The predicted octanol–water partition coefficient (Wildman–Crippen LogP) is 4.78. The molecule has 1 aromatic heterocycles. The van der Waals surface area contributed by atoms with E-state index >= 15 is 0 Å². The molecule has 0 fully saturated rings. The Hall–Kier alpha value is -4.04. The van der Waals surface area contributed by atoms with Crippen LogP contribution in [-0.2, 0) is 0 Å². The summed E-state index contributed by atoms with van der Waals surface area (Å²) < 4.78 is 0. The summed E-state index contributed by atoms with van der Waals surface area (Å²) in [5.41, 5.74) is 2.92. The predicted molar refractivity (Wildman–Crippen MR) is 109 cm³/mol. The van der Waals surface area contributed by atoms with Crippen molar-refractivity contribution in [3.8, 4) is 6.07 Å². The van der Waals surface area contributed by atoms with Gasteiger partial charge in [-0.2, -0.15) is 5.26 Å². The summed E-state index contributed by atoms with van der Waals surface area (Å²) in [6, 6.07) is 24.3. The lowest BCUT2D eigenvalue weighted by atomic mass is 10.0. The van der Waals surface area contributed by atoms with Crippen LogP contribution in [0.5, 0.6) is 0 Å². The molecular formula is C23H16N4O. The number of nitriles is 1. The Morgan fingerprint density at radius 3 is 2.43 bits per heavy atom. The van der Waals surface area contributed by atoms with E-state index in [2.05, 4.69) is 21.4 Å². The monoisotopic (exact) mass is 364 g/mol. The summed E-state index contributed by atoms with van der Waals surface area (Å²) in [6.07, 6.45) is 0. The fraction of sp³-hybridized carbons (Fsp3) is 0.0435. The van der Waals surface area contributed by atoms with E-state index in [1.165, 1.54) is 0 Å². The van der Waals surface area contributed by atoms with Crippen LogP contribution in [-0.4, -0.2) is 15.8 Å². The van der Waals surface area contributed by atoms with E-state index in [-0.39, 0.29) is 5.78 Å². The molecule has 1 heterocycles. The van der Waals surface area contributed by atoms with Crippen molar-refractivity contribution in [3.63, 3.8) is 0 Å². The molecule has 134 valence electrons. The zero-order valence-corrected chi connectivity index (χ0v) is 15.2. The molecular weight excluding hydrogens is 348 g/mol. The van der Waals surface area contributed by atoms with Crippen LogP contribution in [0.15, 0.2) is 72.8 Å². The van der Waals surface area contributed by atoms with E-state index in [1.54, 1.807) is 30.3 Å². The van der Waals surface area contributed by atoms with Gasteiger partial charge in [-0.3, -0.25) is 4.79 Å². The van der Waals surface area contributed by atoms with Crippen LogP contribution in [0.25, 0.3) is 10.8 Å². The zero-order chi connectivity index (χ0) is 19.5. The molecule has 28 heavy (non-hydrogen) atoms. The minimum absolute atomic E-state index is 0.154. The quantitative estimate of drug-likeness (QED) is 0.527. The van der Waals surface area contributed by atoms with Crippen molar-refractivity contribution in [2.24, 2.45) is 0 Å². The van der Waals surface area contributed by atoms with Crippen LogP contribution in [0.3, 0.4) is 0 Å². The van der Waals surface area contributed by atoms with Gasteiger partial charge >= 0.3 is 0 Å². The number of carbonyl (C=O) groups is 1. The molecule has 0 saturated carbocycles. The highest BCUT2D eigenvalue weighted by Crippen LogP contribution is 2.19. The molecule has 3 aromatic carbocycles. The summed E-state index contributed by atoms with van der Waals surface area (Å²) in [5.74, 6) is 0.188. The average molecular weight is 364 g/mol. The summed E-state index contributed by atoms with van der Waals surface area (Å²) in [5, 5.41) is 14.1. The van der Waals surface area contributed by atoms with Crippen molar-refractivity contribution in [1.29, 1.82) is 5.26 Å². The lowest BCUT2D eigenvalue weighted by Gasteiger charge is -2.08. The summed E-state index contributed by atoms with van der Waals surface area (Å²) in [4.78, 5) is 21.7. The fourth-order valence-corrected chi connectivity index (χ4v) is 2.98. The zero-order valence-electron chi connectivity index (χ0n) is 15.2. The number of anilines is 2. The number of rotatable bonds is 4. The van der Waals surface area contributed by atoms with Gasteiger partial charge in [0, 0.05) is 16.9 Å². The molecule has 0 saturated heterocycles. The van der Waals surface area contributed by atoms with Gasteiger partial charge in [0.1, 0.15) is 5.69 Å². The van der Waals surface area contributed by atoms with Crippen molar-refractivity contribution in [3.05, 3.63) is 95.3 Å². The largest absolute Gasteiger partial charge is 0.324 e. The highest BCUT2D eigenvalue weighted by atomic mass is 16.1. The molecule has 4 aromatic rings. The Balaban J connectivity index is 1.65. The molecule has 0 aliphatic rings. The van der Waals surface area contributed by atoms with E-state index < -0.39 is 0 Å². The summed E-state index contributed by atoms with van der Waals surface area (Å²) in [6.45, 7) is 1.82. The molecule has 0 atom stereocenters. The summed E-state index contributed by atoms with van der Waals surface area (Å²) >= 11 is 0. The first-order valence-electron chi connectivity index (χ1n) is 8.79. The van der Waals surface area contributed by atoms with Gasteiger partial charge < -0.3 is 5.32 Å². The average Bonchev–Trinajstić information content (AvgIpc) is 2.73. The van der Waals surface area contributed by atoms with Crippen LogP contribution >= 0.6 is 0 Å². The second-order valence-electron chi connectivity index (χ2n) is 6.42. The topological polar surface area (TPSA) is 78.7 Å². The van der Waals surface area contributed by atoms with Crippen molar-refractivity contribution in [2.75, 3.05) is 5.32 Å². The number of benzene rings is 3. The van der Waals surface area contributed by atoms with Crippen molar-refractivity contribution < 1.29 is 4.79 Å². The Morgan fingerprint density at radius 1 is 0.929 bits per heavy atom. The highest BCUT2D eigenvalue weighted by molar-refractivity contribution is 6.09. The first-order chi connectivity index (χ1) is 13.6. The molecule has 0 amide bonds. The van der Waals surface area contributed by atoms with E-state index in [0.717, 1.165) is 16.5 Å². The minimum Gasteiger partial charge on any atom is -0.324 e. The van der Waals surface area contributed by atoms with Gasteiger partial charge in [0.15, 0.2) is 0 Å². The third kappa shape index (κ3) is 3.57. The van der Waals surface area contributed by atoms with Crippen molar-refractivity contribution in [1.82, 2.24) is 9.97 Å². The van der Waals surface area contributed by atoms with Gasteiger partial charge in [0.05, 0.1) is 11.6 Å². The number of hydrogen-bond donors (Lipinski definition) is 1. The van der Waals surface area contributed by atoms with E-state index in [0.29, 0.717) is 28.5 Å². The highest BCUT2D eigenvalue weighted by Gasteiger charge is 2.14. The van der Waals surface area contributed by atoms with Gasteiger partial charge in [-0.05, 0) is 54.1 Å². The smallest absolute Gasteiger partial charge is 0.228 e. The van der Waals surface area contributed by atoms with Gasteiger partial charge in [-0.25, -0.2) is 9.97 Å². The fourth-order valence-electron chi connectivity index (χ4n) is 2.98. The molecule has 0 spiro atoms. The Labute approximate surface area is 162 Å².